The summed E-state index contributed by atoms with van der Waals surface area (Å²) in [5, 5.41) is 1.01. The molecule has 0 aliphatic carbocycles. The highest BCUT2D eigenvalue weighted by Crippen LogP contribution is 2.41. The summed E-state index contributed by atoms with van der Waals surface area (Å²) in [5.74, 6) is 1.36. The molecule has 2 N–H and O–H groups in total. The van der Waals surface area contributed by atoms with Crippen molar-refractivity contribution < 1.29 is 0 Å². The van der Waals surface area contributed by atoms with E-state index in [4.69, 9.17) is 25.7 Å². The molecule has 0 aliphatic heterocycles. The molecule has 0 radical (unpaired) electrons. The zero-order chi connectivity index (χ0) is 39.5. The molecule has 0 fully saturated rings. The van der Waals surface area contributed by atoms with Gasteiger partial charge in [0.05, 0.1) is 22.6 Å². The zero-order valence-electron chi connectivity index (χ0n) is 32.1. The highest BCUT2D eigenvalue weighted by Gasteiger charge is 2.19. The third-order valence-electron chi connectivity index (χ3n) is 10.7. The first-order chi connectivity index (χ1) is 29.2. The highest BCUT2D eigenvalue weighted by molar-refractivity contribution is 5.96. The summed E-state index contributed by atoms with van der Waals surface area (Å²) in [6.07, 6.45) is 0. The van der Waals surface area contributed by atoms with Gasteiger partial charge >= 0.3 is 0 Å². The van der Waals surface area contributed by atoms with Crippen LogP contribution < -0.4 is 5.73 Å². The minimum Gasteiger partial charge on any atom is -0.399 e. The molecule has 0 saturated carbocycles. The van der Waals surface area contributed by atoms with Gasteiger partial charge in [0.15, 0.2) is 11.6 Å². The standard InChI is InChI=1S/C54H37N5/c55-41-24-16-22-39(34-41)43-26-8-11-29-46(43)50-35-51(58-53(57-50)36-17-3-1-4-18-36)47-30-12-10-28-45(47)44-27-9-7-25-42(44)38-21-15-23-40(33-38)52-48-31-13-14-32-49(48)56-54(59-52)37-19-5-2-6-20-37/h1-35H,55H2. The van der Waals surface area contributed by atoms with Gasteiger partial charge in [-0.2, -0.15) is 0 Å². The van der Waals surface area contributed by atoms with Gasteiger partial charge in [0.1, 0.15) is 0 Å². The zero-order valence-corrected chi connectivity index (χ0v) is 32.1. The quantitative estimate of drug-likeness (QED) is 0.156. The molecule has 278 valence electrons. The van der Waals surface area contributed by atoms with Gasteiger partial charge < -0.3 is 5.73 Å². The Labute approximate surface area is 343 Å². The van der Waals surface area contributed by atoms with Gasteiger partial charge in [-0.15, -0.1) is 0 Å². The molecule has 10 rings (SSSR count). The summed E-state index contributed by atoms with van der Waals surface area (Å²) < 4.78 is 0. The Morgan fingerprint density at radius 2 is 0.729 bits per heavy atom. The first kappa shape index (κ1) is 35.4. The van der Waals surface area contributed by atoms with Crippen molar-refractivity contribution in [1.29, 1.82) is 0 Å². The van der Waals surface area contributed by atoms with Crippen molar-refractivity contribution >= 4 is 16.6 Å². The van der Waals surface area contributed by atoms with E-state index in [2.05, 4.69) is 146 Å². The van der Waals surface area contributed by atoms with E-state index in [1.54, 1.807) is 0 Å². The summed E-state index contributed by atoms with van der Waals surface area (Å²) in [6.45, 7) is 0. The number of rotatable bonds is 8. The normalized spacial score (nSPS) is 11.1. The summed E-state index contributed by atoms with van der Waals surface area (Å²) >= 11 is 0. The van der Waals surface area contributed by atoms with Gasteiger partial charge in [0.25, 0.3) is 0 Å². The van der Waals surface area contributed by atoms with Crippen LogP contribution in [0.3, 0.4) is 0 Å². The SMILES string of the molecule is Nc1cccc(-c2ccccc2-c2cc(-c3ccccc3-c3ccccc3-c3cccc(-c4nc(-c5ccccc5)nc5ccccc45)c3)nc(-c3ccccc3)n2)c1. The average molecular weight is 756 g/mol. The topological polar surface area (TPSA) is 77.6 Å². The van der Waals surface area contributed by atoms with E-state index >= 15 is 0 Å². The Morgan fingerprint density at radius 1 is 0.288 bits per heavy atom. The molecule has 5 nitrogen and oxygen atoms in total. The maximum Gasteiger partial charge on any atom is 0.160 e. The highest BCUT2D eigenvalue weighted by atomic mass is 14.9. The van der Waals surface area contributed by atoms with Crippen LogP contribution in [0.5, 0.6) is 0 Å². The molecule has 5 heteroatoms. The molecule has 0 saturated heterocycles. The van der Waals surface area contributed by atoms with Crippen LogP contribution in [0, 0.1) is 0 Å². The molecule has 0 amide bonds. The predicted molar refractivity (Wildman–Crippen MR) is 243 cm³/mol. The van der Waals surface area contributed by atoms with Crippen LogP contribution in [-0.4, -0.2) is 19.9 Å². The minimum absolute atomic E-state index is 0.656. The molecule has 0 unspecified atom stereocenters. The number of benzene rings is 8. The lowest BCUT2D eigenvalue weighted by Gasteiger charge is -2.17. The van der Waals surface area contributed by atoms with E-state index in [0.29, 0.717) is 17.3 Å². The second-order valence-electron chi connectivity index (χ2n) is 14.5. The van der Waals surface area contributed by atoms with Crippen molar-refractivity contribution in [2.45, 2.75) is 0 Å². The average Bonchev–Trinajstić information content (AvgIpc) is 3.31. The molecule has 0 atom stereocenters. The number of anilines is 1. The second kappa shape index (κ2) is 15.5. The largest absolute Gasteiger partial charge is 0.399 e. The third kappa shape index (κ3) is 7.02. The Kier molecular flexibility index (Phi) is 9.29. The molecular weight excluding hydrogens is 719 g/mol. The fourth-order valence-corrected chi connectivity index (χ4v) is 7.86. The maximum absolute atomic E-state index is 6.27. The number of para-hydroxylation sites is 1. The van der Waals surface area contributed by atoms with Gasteiger partial charge in [0, 0.05) is 38.9 Å². The van der Waals surface area contributed by atoms with Crippen LogP contribution in [0.25, 0.3) is 101 Å². The van der Waals surface area contributed by atoms with Gasteiger partial charge in [-0.1, -0.05) is 182 Å². The number of aromatic nitrogens is 4. The molecule has 2 heterocycles. The minimum atomic E-state index is 0.656. The molecule has 59 heavy (non-hydrogen) atoms. The lowest BCUT2D eigenvalue weighted by Crippen LogP contribution is -1.98. The van der Waals surface area contributed by atoms with Crippen molar-refractivity contribution in [3.8, 4) is 89.9 Å². The fourth-order valence-electron chi connectivity index (χ4n) is 7.86. The fraction of sp³-hybridized carbons (Fsp3) is 0. The molecular formula is C54H37N5. The van der Waals surface area contributed by atoms with Crippen LogP contribution >= 0.6 is 0 Å². The number of hydrogen-bond donors (Lipinski definition) is 1. The third-order valence-corrected chi connectivity index (χ3v) is 10.7. The van der Waals surface area contributed by atoms with Gasteiger partial charge in [0.2, 0.25) is 0 Å². The smallest absolute Gasteiger partial charge is 0.160 e. The summed E-state index contributed by atoms with van der Waals surface area (Å²) in [6, 6.07) is 72.9. The number of nitrogens with zero attached hydrogens (tertiary/aromatic N) is 4. The molecule has 0 aliphatic rings. The van der Waals surface area contributed by atoms with Crippen molar-refractivity contribution in [2.75, 3.05) is 5.73 Å². The first-order valence-electron chi connectivity index (χ1n) is 19.7. The molecule has 0 spiro atoms. The summed E-state index contributed by atoms with van der Waals surface area (Å²) in [5.41, 5.74) is 21.8. The monoisotopic (exact) mass is 755 g/mol. The van der Waals surface area contributed by atoms with Crippen LogP contribution in [0.4, 0.5) is 5.69 Å². The molecule has 0 bridgehead atoms. The van der Waals surface area contributed by atoms with Crippen LogP contribution in [-0.2, 0) is 0 Å². The summed E-state index contributed by atoms with van der Waals surface area (Å²) in [7, 11) is 0. The Bertz CT molecular complexity index is 3120. The maximum atomic E-state index is 6.27. The van der Waals surface area contributed by atoms with E-state index in [1.165, 1.54) is 0 Å². The van der Waals surface area contributed by atoms with E-state index in [0.717, 1.165) is 89.2 Å². The van der Waals surface area contributed by atoms with Crippen molar-refractivity contribution in [3.05, 3.63) is 212 Å². The summed E-state index contributed by atoms with van der Waals surface area (Å²) in [4.78, 5) is 20.6. The van der Waals surface area contributed by atoms with E-state index in [1.807, 2.05) is 66.7 Å². The molecule has 10 aromatic rings. The molecule has 2 aromatic heterocycles. The Morgan fingerprint density at radius 3 is 1.37 bits per heavy atom. The van der Waals surface area contributed by atoms with Crippen LogP contribution in [0.2, 0.25) is 0 Å². The van der Waals surface area contributed by atoms with Crippen molar-refractivity contribution in [2.24, 2.45) is 0 Å². The number of fused-ring (bicyclic) bond motifs is 1. The van der Waals surface area contributed by atoms with Gasteiger partial charge in [-0.25, -0.2) is 19.9 Å². The number of hydrogen-bond acceptors (Lipinski definition) is 5. The van der Waals surface area contributed by atoms with Crippen LogP contribution in [0.15, 0.2) is 212 Å². The molecule has 8 aromatic carbocycles. The van der Waals surface area contributed by atoms with Crippen molar-refractivity contribution in [1.82, 2.24) is 19.9 Å². The van der Waals surface area contributed by atoms with E-state index < -0.39 is 0 Å². The van der Waals surface area contributed by atoms with Gasteiger partial charge in [-0.05, 0) is 63.7 Å². The number of nitrogen functional groups attached to an aromatic ring is 1. The Balaban J connectivity index is 1.12. The van der Waals surface area contributed by atoms with E-state index in [9.17, 15) is 0 Å². The predicted octanol–water partition coefficient (Wildman–Crippen LogP) is 13.3. The lowest BCUT2D eigenvalue weighted by atomic mass is 9.89. The number of nitrogens with two attached hydrogens (primary N) is 1. The Hall–Kier alpha value is -8.02. The lowest BCUT2D eigenvalue weighted by molar-refractivity contribution is 1.18. The van der Waals surface area contributed by atoms with Crippen LogP contribution in [0.1, 0.15) is 0 Å². The van der Waals surface area contributed by atoms with Crippen molar-refractivity contribution in [3.63, 3.8) is 0 Å². The second-order valence-corrected chi connectivity index (χ2v) is 14.5. The first-order valence-corrected chi connectivity index (χ1v) is 19.7. The van der Waals surface area contributed by atoms with Gasteiger partial charge in [-0.3, -0.25) is 0 Å². The van der Waals surface area contributed by atoms with E-state index in [-0.39, 0.29) is 0 Å².